The second kappa shape index (κ2) is 6.03. The summed E-state index contributed by atoms with van der Waals surface area (Å²) in [5, 5.41) is 0. The van der Waals surface area contributed by atoms with Crippen molar-refractivity contribution in [2.45, 2.75) is 33.1 Å². The number of carbonyl (C=O) groups is 4. The Labute approximate surface area is 123 Å². The first-order valence-electron chi connectivity index (χ1n) is 7.00. The molecule has 4 amide bonds. The highest BCUT2D eigenvalue weighted by Gasteiger charge is 2.28. The van der Waals surface area contributed by atoms with E-state index in [-0.39, 0.29) is 23.6 Å². The molecule has 0 saturated carbocycles. The second-order valence-electron chi connectivity index (χ2n) is 5.31. The second-order valence-corrected chi connectivity index (χ2v) is 5.31. The van der Waals surface area contributed by atoms with Gasteiger partial charge in [0.15, 0.2) is 0 Å². The smallest absolute Gasteiger partial charge is 0.256 e. The first-order chi connectivity index (χ1) is 9.91. The Bertz CT molecular complexity index is 524. The Morgan fingerprint density at radius 3 is 1.38 bits per heavy atom. The summed E-state index contributed by atoms with van der Waals surface area (Å²) in [6, 6.07) is 0. The quantitative estimate of drug-likeness (QED) is 0.535. The van der Waals surface area contributed by atoms with Crippen molar-refractivity contribution in [3.8, 4) is 0 Å². The topological polar surface area (TPSA) is 74.8 Å². The van der Waals surface area contributed by atoms with Crippen molar-refractivity contribution in [1.29, 1.82) is 0 Å². The van der Waals surface area contributed by atoms with Gasteiger partial charge in [0.25, 0.3) is 23.6 Å². The lowest BCUT2D eigenvalue weighted by molar-refractivity contribution is -0.138. The minimum atomic E-state index is -0.262. The van der Waals surface area contributed by atoms with Crippen LogP contribution >= 0.6 is 0 Å². The van der Waals surface area contributed by atoms with Gasteiger partial charge in [0.1, 0.15) is 0 Å². The fraction of sp³-hybridized carbons (Fsp3) is 0.467. The molecule has 0 aromatic heterocycles. The number of carbonyl (C=O) groups excluding carboxylic acids is 4. The molecule has 0 spiro atoms. The Morgan fingerprint density at radius 2 is 1.10 bits per heavy atom. The van der Waals surface area contributed by atoms with Crippen LogP contribution < -0.4 is 0 Å². The molecule has 0 aromatic rings. The van der Waals surface area contributed by atoms with Crippen LogP contribution in [0.25, 0.3) is 0 Å². The molecule has 0 radical (unpaired) electrons. The predicted molar refractivity (Wildman–Crippen MR) is 74.8 cm³/mol. The van der Waals surface area contributed by atoms with E-state index in [1.807, 2.05) is 0 Å². The molecule has 0 saturated heterocycles. The Kier molecular flexibility index (Phi) is 4.35. The minimum absolute atomic E-state index is 0.232. The number of imide groups is 2. The number of hydrogen-bond donors (Lipinski definition) is 0. The Morgan fingerprint density at radius 1 is 0.714 bits per heavy atom. The number of unbranched alkanes of at least 4 members (excludes halogenated alkanes) is 2. The molecule has 2 rings (SSSR count). The van der Waals surface area contributed by atoms with Gasteiger partial charge in [-0.05, 0) is 33.1 Å². The van der Waals surface area contributed by atoms with E-state index in [0.29, 0.717) is 37.1 Å². The SMILES string of the molecule is CC1=CC(=O)N(CCCCCN2C(=O)C=C(C)C2=O)C1=O. The number of hydrogen-bond acceptors (Lipinski definition) is 4. The summed E-state index contributed by atoms with van der Waals surface area (Å²) in [5.41, 5.74) is 0.935. The highest BCUT2D eigenvalue weighted by atomic mass is 16.2. The van der Waals surface area contributed by atoms with Gasteiger partial charge >= 0.3 is 0 Å². The van der Waals surface area contributed by atoms with Crippen LogP contribution in [0.4, 0.5) is 0 Å². The summed E-state index contributed by atoms with van der Waals surface area (Å²) in [4.78, 5) is 48.8. The summed E-state index contributed by atoms with van der Waals surface area (Å²) in [7, 11) is 0. The van der Waals surface area contributed by atoms with Gasteiger partial charge in [-0.25, -0.2) is 0 Å². The lowest BCUT2D eigenvalue weighted by Crippen LogP contribution is -2.33. The first kappa shape index (κ1) is 15.2. The zero-order chi connectivity index (χ0) is 15.6. The van der Waals surface area contributed by atoms with Crippen LogP contribution in [0.2, 0.25) is 0 Å². The highest BCUT2D eigenvalue weighted by molar-refractivity contribution is 6.16. The normalized spacial score (nSPS) is 18.8. The minimum Gasteiger partial charge on any atom is -0.275 e. The van der Waals surface area contributed by atoms with E-state index in [2.05, 4.69) is 0 Å². The Hall–Kier alpha value is -2.24. The van der Waals surface area contributed by atoms with Gasteiger partial charge in [0.2, 0.25) is 0 Å². The zero-order valence-corrected chi connectivity index (χ0v) is 12.2. The summed E-state index contributed by atoms with van der Waals surface area (Å²) in [5.74, 6) is -0.987. The molecular formula is C15H18N2O4. The van der Waals surface area contributed by atoms with E-state index in [4.69, 9.17) is 0 Å². The van der Waals surface area contributed by atoms with Crippen LogP contribution in [0.3, 0.4) is 0 Å². The number of nitrogens with zero attached hydrogens (tertiary/aromatic N) is 2. The van der Waals surface area contributed by atoms with Crippen LogP contribution in [-0.2, 0) is 19.2 Å². The molecule has 2 heterocycles. The third-order valence-electron chi connectivity index (χ3n) is 3.64. The average Bonchev–Trinajstić information content (AvgIpc) is 2.80. The maximum absolute atomic E-state index is 11.6. The van der Waals surface area contributed by atoms with Crippen molar-refractivity contribution >= 4 is 23.6 Å². The molecule has 0 atom stereocenters. The van der Waals surface area contributed by atoms with Crippen molar-refractivity contribution in [3.05, 3.63) is 23.3 Å². The molecule has 6 nitrogen and oxygen atoms in total. The standard InChI is InChI=1S/C15H18N2O4/c1-10-8-12(18)16(14(10)20)6-4-3-5-7-17-13(19)9-11(2)15(17)21/h8-9H,3-7H2,1-2H3. The molecule has 6 heteroatoms. The third kappa shape index (κ3) is 3.09. The summed E-state index contributed by atoms with van der Waals surface area (Å²) >= 11 is 0. The van der Waals surface area contributed by atoms with E-state index >= 15 is 0 Å². The zero-order valence-electron chi connectivity index (χ0n) is 12.2. The Balaban J connectivity index is 1.68. The molecule has 0 unspecified atom stereocenters. The van der Waals surface area contributed by atoms with Crippen molar-refractivity contribution < 1.29 is 19.2 Å². The van der Waals surface area contributed by atoms with Crippen LogP contribution in [0.5, 0.6) is 0 Å². The maximum Gasteiger partial charge on any atom is 0.256 e. The van der Waals surface area contributed by atoms with Gasteiger partial charge in [-0.15, -0.1) is 0 Å². The van der Waals surface area contributed by atoms with Gasteiger partial charge in [0.05, 0.1) is 0 Å². The fourth-order valence-electron chi connectivity index (χ4n) is 2.42. The van der Waals surface area contributed by atoms with Crippen LogP contribution in [0, 0.1) is 0 Å². The van der Waals surface area contributed by atoms with E-state index in [9.17, 15) is 19.2 Å². The lowest BCUT2D eigenvalue weighted by Gasteiger charge is -2.16. The van der Waals surface area contributed by atoms with Crippen molar-refractivity contribution in [2.75, 3.05) is 13.1 Å². The highest BCUT2D eigenvalue weighted by Crippen LogP contribution is 2.15. The van der Waals surface area contributed by atoms with Crippen molar-refractivity contribution in [1.82, 2.24) is 9.80 Å². The molecule has 0 bridgehead atoms. The average molecular weight is 290 g/mol. The first-order valence-corrected chi connectivity index (χ1v) is 7.00. The van der Waals surface area contributed by atoms with Crippen LogP contribution in [-0.4, -0.2) is 46.5 Å². The van der Waals surface area contributed by atoms with E-state index in [1.54, 1.807) is 13.8 Å². The van der Waals surface area contributed by atoms with E-state index < -0.39 is 0 Å². The molecule has 2 aliphatic heterocycles. The number of amides is 4. The van der Waals surface area contributed by atoms with E-state index in [1.165, 1.54) is 22.0 Å². The van der Waals surface area contributed by atoms with Gasteiger partial charge < -0.3 is 0 Å². The van der Waals surface area contributed by atoms with Crippen LogP contribution in [0.15, 0.2) is 23.3 Å². The summed E-state index contributed by atoms with van der Waals surface area (Å²) in [6.45, 7) is 4.01. The monoisotopic (exact) mass is 290 g/mol. The summed E-state index contributed by atoms with van der Waals surface area (Å²) in [6.07, 6.45) is 4.77. The van der Waals surface area contributed by atoms with Crippen molar-refractivity contribution in [2.24, 2.45) is 0 Å². The van der Waals surface area contributed by atoms with Gasteiger partial charge in [-0.1, -0.05) is 0 Å². The molecule has 21 heavy (non-hydrogen) atoms. The largest absolute Gasteiger partial charge is 0.275 e. The molecular weight excluding hydrogens is 272 g/mol. The van der Waals surface area contributed by atoms with Crippen molar-refractivity contribution in [3.63, 3.8) is 0 Å². The summed E-state index contributed by atoms with van der Waals surface area (Å²) < 4.78 is 0. The molecule has 2 aliphatic rings. The fourth-order valence-corrected chi connectivity index (χ4v) is 2.42. The molecule has 0 aromatic carbocycles. The maximum atomic E-state index is 11.6. The lowest BCUT2D eigenvalue weighted by atomic mass is 10.2. The van der Waals surface area contributed by atoms with Crippen LogP contribution in [0.1, 0.15) is 33.1 Å². The molecule has 0 N–H and O–H groups in total. The van der Waals surface area contributed by atoms with Gasteiger partial charge in [-0.3, -0.25) is 29.0 Å². The molecule has 0 aliphatic carbocycles. The number of rotatable bonds is 6. The molecule has 112 valence electrons. The predicted octanol–water partition coefficient (Wildman–Crippen LogP) is 0.787. The third-order valence-corrected chi connectivity index (χ3v) is 3.64. The van der Waals surface area contributed by atoms with Gasteiger partial charge in [0, 0.05) is 36.4 Å². The van der Waals surface area contributed by atoms with E-state index in [0.717, 1.165) is 6.42 Å². The molecule has 0 fully saturated rings. The van der Waals surface area contributed by atoms with Gasteiger partial charge in [-0.2, -0.15) is 0 Å².